The highest BCUT2D eigenvalue weighted by atomic mass is 35.5. The van der Waals surface area contributed by atoms with Crippen LogP contribution in [0.4, 0.5) is 5.69 Å². The zero-order chi connectivity index (χ0) is 12.7. The van der Waals surface area contributed by atoms with Crippen LogP contribution in [0.25, 0.3) is 0 Å². The predicted molar refractivity (Wildman–Crippen MR) is 76.4 cm³/mol. The normalized spacial score (nSPS) is 11.3. The number of hydrogen-bond donors (Lipinski definition) is 2. The molecule has 18 heavy (non-hydrogen) atoms. The summed E-state index contributed by atoms with van der Waals surface area (Å²) in [5, 5.41) is 2.75. The molecule has 0 radical (unpaired) electrons. The van der Waals surface area contributed by atoms with Crippen LogP contribution < -0.4 is 15.8 Å². The van der Waals surface area contributed by atoms with Gasteiger partial charge in [-0.25, -0.2) is 0 Å². The van der Waals surface area contributed by atoms with Gasteiger partial charge < -0.3 is 15.8 Å². The minimum Gasteiger partial charge on any atom is -0.491 e. The van der Waals surface area contributed by atoms with Crippen LogP contribution in [0.1, 0.15) is 26.7 Å². The highest BCUT2D eigenvalue weighted by Crippen LogP contribution is 2.23. The van der Waals surface area contributed by atoms with Crippen molar-refractivity contribution in [2.75, 3.05) is 11.9 Å². The largest absolute Gasteiger partial charge is 0.491 e. The van der Waals surface area contributed by atoms with E-state index in [-0.39, 0.29) is 18.3 Å². The maximum Gasteiger partial charge on any atom is 0.241 e. The summed E-state index contributed by atoms with van der Waals surface area (Å²) in [5.74, 6) is 0.478. The van der Waals surface area contributed by atoms with Crippen LogP contribution in [0.2, 0.25) is 0 Å². The topological polar surface area (TPSA) is 64.3 Å². The minimum absolute atomic E-state index is 0. The number of nitrogens with two attached hydrogens (primary N) is 1. The third kappa shape index (κ3) is 5.38. The summed E-state index contributed by atoms with van der Waals surface area (Å²) in [5.41, 5.74) is 6.17. The molecule has 0 aromatic heterocycles. The van der Waals surface area contributed by atoms with Gasteiger partial charge in [-0.05, 0) is 25.5 Å². The predicted octanol–water partition coefficient (Wildman–Crippen LogP) is 2.57. The van der Waals surface area contributed by atoms with Crippen molar-refractivity contribution in [3.8, 4) is 5.75 Å². The molecule has 3 N–H and O–H groups in total. The first-order chi connectivity index (χ1) is 8.15. The van der Waals surface area contributed by atoms with Crippen LogP contribution in [-0.2, 0) is 4.79 Å². The number of anilines is 1. The molecule has 5 heteroatoms. The van der Waals surface area contributed by atoms with E-state index in [1.54, 1.807) is 6.92 Å². The van der Waals surface area contributed by atoms with E-state index in [2.05, 4.69) is 12.2 Å². The number of nitrogens with one attached hydrogen (secondary N) is 1. The number of rotatable bonds is 6. The summed E-state index contributed by atoms with van der Waals surface area (Å²) in [6, 6.07) is 6.85. The van der Waals surface area contributed by atoms with Gasteiger partial charge in [0.1, 0.15) is 5.75 Å². The van der Waals surface area contributed by atoms with Crippen LogP contribution >= 0.6 is 12.4 Å². The summed E-state index contributed by atoms with van der Waals surface area (Å²) in [6.07, 6.45) is 2.07. The Labute approximate surface area is 114 Å². The monoisotopic (exact) mass is 272 g/mol. The molecule has 0 saturated carbocycles. The summed E-state index contributed by atoms with van der Waals surface area (Å²) < 4.78 is 5.60. The van der Waals surface area contributed by atoms with Gasteiger partial charge in [0.15, 0.2) is 0 Å². The average Bonchev–Trinajstić information content (AvgIpc) is 2.31. The third-order valence-corrected chi connectivity index (χ3v) is 2.31. The molecule has 4 nitrogen and oxygen atoms in total. The van der Waals surface area contributed by atoms with Crippen molar-refractivity contribution < 1.29 is 9.53 Å². The molecule has 0 saturated heterocycles. The number of unbranched alkanes of at least 4 members (excludes halogenated alkanes) is 1. The van der Waals surface area contributed by atoms with Gasteiger partial charge in [0.05, 0.1) is 18.3 Å². The summed E-state index contributed by atoms with van der Waals surface area (Å²) in [4.78, 5) is 11.5. The fraction of sp³-hybridized carbons (Fsp3) is 0.462. The lowest BCUT2D eigenvalue weighted by Gasteiger charge is -2.13. The molecule has 1 rings (SSSR count). The van der Waals surface area contributed by atoms with Crippen LogP contribution in [0.5, 0.6) is 5.75 Å². The Balaban J connectivity index is 0.00000289. The lowest BCUT2D eigenvalue weighted by Crippen LogP contribution is -2.32. The Morgan fingerprint density at radius 2 is 2.11 bits per heavy atom. The Hall–Kier alpha value is -1.26. The number of amides is 1. The molecule has 0 spiro atoms. The van der Waals surface area contributed by atoms with E-state index in [1.807, 2.05) is 24.3 Å². The Morgan fingerprint density at radius 3 is 2.72 bits per heavy atom. The molecule has 1 amide bonds. The molecule has 1 atom stereocenters. The van der Waals surface area contributed by atoms with Gasteiger partial charge in [0.25, 0.3) is 0 Å². The van der Waals surface area contributed by atoms with Crippen molar-refractivity contribution in [3.63, 3.8) is 0 Å². The first kappa shape index (κ1) is 16.7. The molecule has 0 aliphatic heterocycles. The second-order valence-corrected chi connectivity index (χ2v) is 3.98. The van der Waals surface area contributed by atoms with Crippen molar-refractivity contribution >= 4 is 24.0 Å². The molecule has 0 heterocycles. The number of halogens is 1. The second-order valence-electron chi connectivity index (χ2n) is 3.98. The minimum atomic E-state index is -0.529. The van der Waals surface area contributed by atoms with Gasteiger partial charge >= 0.3 is 0 Å². The highest BCUT2D eigenvalue weighted by Gasteiger charge is 2.10. The molecule has 0 bridgehead atoms. The molecular formula is C13H21ClN2O2. The molecule has 0 fully saturated rings. The zero-order valence-electron chi connectivity index (χ0n) is 10.8. The molecular weight excluding hydrogens is 252 g/mol. The lowest BCUT2D eigenvalue weighted by atomic mass is 10.2. The molecule has 0 aliphatic carbocycles. The zero-order valence-corrected chi connectivity index (χ0v) is 11.6. The number of benzene rings is 1. The van der Waals surface area contributed by atoms with Crippen molar-refractivity contribution in [1.29, 1.82) is 0 Å². The summed E-state index contributed by atoms with van der Waals surface area (Å²) >= 11 is 0. The SMILES string of the molecule is CCCCOc1ccccc1NC(=O)[C@H](C)N.Cl. The van der Waals surface area contributed by atoms with E-state index in [0.29, 0.717) is 18.0 Å². The van der Waals surface area contributed by atoms with Gasteiger partial charge in [-0.3, -0.25) is 4.79 Å². The van der Waals surface area contributed by atoms with E-state index in [0.717, 1.165) is 12.8 Å². The number of ether oxygens (including phenoxy) is 1. The first-order valence-electron chi connectivity index (χ1n) is 5.93. The number of carbonyl (C=O) groups is 1. The fourth-order valence-electron chi connectivity index (χ4n) is 1.27. The molecule has 1 aromatic rings. The van der Waals surface area contributed by atoms with E-state index < -0.39 is 6.04 Å². The van der Waals surface area contributed by atoms with Crippen molar-refractivity contribution in [2.45, 2.75) is 32.7 Å². The van der Waals surface area contributed by atoms with Gasteiger partial charge in [-0.2, -0.15) is 0 Å². The molecule has 1 aromatic carbocycles. The van der Waals surface area contributed by atoms with Crippen molar-refractivity contribution in [1.82, 2.24) is 0 Å². The maximum absolute atomic E-state index is 11.5. The van der Waals surface area contributed by atoms with Crippen LogP contribution in [0, 0.1) is 0 Å². The fourth-order valence-corrected chi connectivity index (χ4v) is 1.27. The van der Waals surface area contributed by atoms with Gasteiger partial charge in [0.2, 0.25) is 5.91 Å². The third-order valence-electron chi connectivity index (χ3n) is 2.31. The molecule has 0 unspecified atom stereocenters. The smallest absolute Gasteiger partial charge is 0.241 e. The number of para-hydroxylation sites is 2. The molecule has 0 aliphatic rings. The lowest BCUT2D eigenvalue weighted by molar-refractivity contribution is -0.117. The van der Waals surface area contributed by atoms with E-state index in [9.17, 15) is 4.79 Å². The van der Waals surface area contributed by atoms with Gasteiger partial charge in [-0.1, -0.05) is 25.5 Å². The Bertz CT molecular complexity index is 370. The van der Waals surface area contributed by atoms with E-state index in [1.165, 1.54) is 0 Å². The summed E-state index contributed by atoms with van der Waals surface area (Å²) in [7, 11) is 0. The maximum atomic E-state index is 11.5. The standard InChI is InChI=1S/C13H20N2O2.ClH/c1-3-4-9-17-12-8-6-5-7-11(12)15-13(16)10(2)14;/h5-8,10H,3-4,9,14H2,1-2H3,(H,15,16);1H/t10-;/m0./s1. The van der Waals surface area contributed by atoms with Crippen LogP contribution in [0.15, 0.2) is 24.3 Å². The average molecular weight is 273 g/mol. The van der Waals surface area contributed by atoms with Crippen molar-refractivity contribution in [3.05, 3.63) is 24.3 Å². The van der Waals surface area contributed by atoms with Crippen LogP contribution in [0.3, 0.4) is 0 Å². The Kier molecular flexibility index (Phi) is 8.16. The quantitative estimate of drug-likeness (QED) is 0.783. The van der Waals surface area contributed by atoms with E-state index in [4.69, 9.17) is 10.5 Å². The van der Waals surface area contributed by atoms with E-state index >= 15 is 0 Å². The highest BCUT2D eigenvalue weighted by molar-refractivity contribution is 5.95. The number of carbonyl (C=O) groups excluding carboxylic acids is 1. The van der Waals surface area contributed by atoms with Gasteiger partial charge in [0, 0.05) is 0 Å². The first-order valence-corrected chi connectivity index (χ1v) is 5.93. The van der Waals surface area contributed by atoms with Crippen LogP contribution in [-0.4, -0.2) is 18.6 Å². The number of hydrogen-bond acceptors (Lipinski definition) is 3. The van der Waals surface area contributed by atoms with Crippen molar-refractivity contribution in [2.24, 2.45) is 5.73 Å². The Morgan fingerprint density at radius 1 is 1.44 bits per heavy atom. The summed E-state index contributed by atoms with van der Waals surface area (Å²) in [6.45, 7) is 4.41. The molecule has 102 valence electrons. The second kappa shape index (κ2) is 8.78. The van der Waals surface area contributed by atoms with Gasteiger partial charge in [-0.15, -0.1) is 12.4 Å².